The van der Waals surface area contributed by atoms with Crippen LogP contribution in [0, 0.1) is 0 Å². The van der Waals surface area contributed by atoms with Crippen molar-refractivity contribution in [3.8, 4) is 0 Å². The molecule has 0 radical (unpaired) electrons. The van der Waals surface area contributed by atoms with E-state index in [4.69, 9.17) is 10.5 Å². The van der Waals surface area contributed by atoms with Gasteiger partial charge in [-0.25, -0.2) is 4.98 Å². The Balaban J connectivity index is 2.31. The molecule has 5 nitrogen and oxygen atoms in total. The van der Waals surface area contributed by atoms with Crippen LogP contribution in [0.5, 0.6) is 0 Å². The Morgan fingerprint density at radius 1 is 1.58 bits per heavy atom. The van der Waals surface area contributed by atoms with Gasteiger partial charge in [-0.2, -0.15) is 5.10 Å². The Bertz CT molecular complexity index is 223. The molecule has 0 amide bonds. The SMILES string of the molecule is COCCCc1n[nH]c(CN)n1. The molecule has 0 aromatic carbocycles. The summed E-state index contributed by atoms with van der Waals surface area (Å²) in [4.78, 5) is 4.15. The summed E-state index contributed by atoms with van der Waals surface area (Å²) >= 11 is 0. The quantitative estimate of drug-likeness (QED) is 0.602. The number of nitrogens with one attached hydrogen (secondary N) is 1. The summed E-state index contributed by atoms with van der Waals surface area (Å²) in [6.45, 7) is 1.16. The van der Waals surface area contributed by atoms with Gasteiger partial charge in [-0.1, -0.05) is 0 Å². The normalized spacial score (nSPS) is 10.5. The van der Waals surface area contributed by atoms with Crippen molar-refractivity contribution in [2.75, 3.05) is 13.7 Å². The number of nitrogens with zero attached hydrogens (tertiary/aromatic N) is 2. The van der Waals surface area contributed by atoms with Gasteiger partial charge in [0.2, 0.25) is 0 Å². The first-order valence-electron chi connectivity index (χ1n) is 3.96. The number of hydrogen-bond acceptors (Lipinski definition) is 4. The average Bonchev–Trinajstić information content (AvgIpc) is 2.53. The summed E-state index contributed by atoms with van der Waals surface area (Å²) in [7, 11) is 1.68. The number of aromatic nitrogens is 3. The van der Waals surface area contributed by atoms with E-state index in [1.165, 1.54) is 0 Å². The summed E-state index contributed by atoms with van der Waals surface area (Å²) in [5.41, 5.74) is 5.36. The lowest BCUT2D eigenvalue weighted by molar-refractivity contribution is 0.194. The van der Waals surface area contributed by atoms with Crippen LogP contribution in [0.25, 0.3) is 0 Å². The van der Waals surface area contributed by atoms with E-state index >= 15 is 0 Å². The van der Waals surface area contributed by atoms with Crippen molar-refractivity contribution in [3.63, 3.8) is 0 Å². The minimum Gasteiger partial charge on any atom is -0.385 e. The van der Waals surface area contributed by atoms with Crippen molar-refractivity contribution in [2.45, 2.75) is 19.4 Å². The molecule has 5 heteroatoms. The fourth-order valence-corrected chi connectivity index (χ4v) is 0.913. The van der Waals surface area contributed by atoms with E-state index in [9.17, 15) is 0 Å². The van der Waals surface area contributed by atoms with Crippen LogP contribution in [-0.2, 0) is 17.7 Å². The summed E-state index contributed by atoms with van der Waals surface area (Å²) < 4.78 is 4.91. The monoisotopic (exact) mass is 170 g/mol. The van der Waals surface area contributed by atoms with Crippen LogP contribution in [0.4, 0.5) is 0 Å². The highest BCUT2D eigenvalue weighted by atomic mass is 16.5. The molecular formula is C7H14N4O. The molecule has 0 bridgehead atoms. The third-order valence-corrected chi connectivity index (χ3v) is 1.52. The predicted molar refractivity (Wildman–Crippen MR) is 44.5 cm³/mol. The molecule has 0 saturated heterocycles. The highest BCUT2D eigenvalue weighted by Crippen LogP contribution is 1.96. The van der Waals surface area contributed by atoms with Crippen molar-refractivity contribution in [1.29, 1.82) is 0 Å². The summed E-state index contributed by atoms with van der Waals surface area (Å²) in [6, 6.07) is 0. The molecule has 1 aromatic rings. The number of hydrogen-bond donors (Lipinski definition) is 2. The van der Waals surface area contributed by atoms with Crippen LogP contribution in [0.15, 0.2) is 0 Å². The van der Waals surface area contributed by atoms with E-state index in [0.717, 1.165) is 31.1 Å². The van der Waals surface area contributed by atoms with E-state index in [1.807, 2.05) is 0 Å². The number of H-pyrrole nitrogens is 1. The van der Waals surface area contributed by atoms with Gasteiger partial charge in [-0.3, -0.25) is 5.10 Å². The van der Waals surface area contributed by atoms with Crippen molar-refractivity contribution in [2.24, 2.45) is 5.73 Å². The lowest BCUT2D eigenvalue weighted by atomic mass is 10.3. The van der Waals surface area contributed by atoms with Crippen LogP contribution in [-0.4, -0.2) is 28.9 Å². The summed E-state index contributed by atoms with van der Waals surface area (Å²) in [5.74, 6) is 1.55. The molecule has 0 unspecified atom stereocenters. The van der Waals surface area contributed by atoms with Crippen LogP contribution in [0.3, 0.4) is 0 Å². The number of nitrogens with two attached hydrogens (primary N) is 1. The minimum absolute atomic E-state index is 0.414. The highest BCUT2D eigenvalue weighted by Gasteiger charge is 2.00. The van der Waals surface area contributed by atoms with Gasteiger partial charge in [0.15, 0.2) is 5.82 Å². The molecule has 0 saturated carbocycles. The third kappa shape index (κ3) is 2.60. The maximum absolute atomic E-state index is 5.36. The first-order chi connectivity index (χ1) is 5.86. The topological polar surface area (TPSA) is 76.8 Å². The van der Waals surface area contributed by atoms with E-state index < -0.39 is 0 Å². The predicted octanol–water partition coefficient (Wildman–Crippen LogP) is -0.158. The standard InChI is InChI=1S/C7H14N4O/c1-12-4-2-3-6-9-7(5-8)11-10-6/h2-5,8H2,1H3,(H,9,10,11). The Hall–Kier alpha value is -0.940. The zero-order chi connectivity index (χ0) is 8.81. The minimum atomic E-state index is 0.414. The highest BCUT2D eigenvalue weighted by molar-refractivity contribution is 4.89. The van der Waals surface area contributed by atoms with Gasteiger partial charge in [0.1, 0.15) is 5.82 Å². The smallest absolute Gasteiger partial charge is 0.150 e. The van der Waals surface area contributed by atoms with Crippen molar-refractivity contribution in [1.82, 2.24) is 15.2 Å². The van der Waals surface area contributed by atoms with Crippen LogP contribution in [0.1, 0.15) is 18.1 Å². The molecule has 3 N–H and O–H groups in total. The molecule has 1 aromatic heterocycles. The van der Waals surface area contributed by atoms with Gasteiger partial charge < -0.3 is 10.5 Å². The summed E-state index contributed by atoms with van der Waals surface area (Å²) in [5, 5.41) is 6.74. The molecule has 12 heavy (non-hydrogen) atoms. The fourth-order valence-electron chi connectivity index (χ4n) is 0.913. The second kappa shape index (κ2) is 4.84. The lowest BCUT2D eigenvalue weighted by Gasteiger charge is -1.93. The molecule has 0 aliphatic carbocycles. The number of ether oxygens (including phenoxy) is 1. The Kier molecular flexibility index (Phi) is 3.69. The number of aryl methyl sites for hydroxylation is 1. The van der Waals surface area contributed by atoms with Crippen LogP contribution >= 0.6 is 0 Å². The lowest BCUT2D eigenvalue weighted by Crippen LogP contribution is -1.98. The van der Waals surface area contributed by atoms with Gasteiger partial charge in [0, 0.05) is 20.1 Å². The van der Waals surface area contributed by atoms with Gasteiger partial charge in [0.25, 0.3) is 0 Å². The molecule has 68 valence electrons. The Morgan fingerprint density at radius 3 is 3.00 bits per heavy atom. The van der Waals surface area contributed by atoms with Gasteiger partial charge >= 0.3 is 0 Å². The van der Waals surface area contributed by atoms with Crippen molar-refractivity contribution >= 4 is 0 Å². The van der Waals surface area contributed by atoms with E-state index in [-0.39, 0.29) is 0 Å². The van der Waals surface area contributed by atoms with Crippen molar-refractivity contribution < 1.29 is 4.74 Å². The molecule has 0 aliphatic heterocycles. The van der Waals surface area contributed by atoms with Crippen LogP contribution < -0.4 is 5.73 Å². The number of methoxy groups -OCH3 is 1. The van der Waals surface area contributed by atoms with E-state index in [0.29, 0.717) is 6.54 Å². The Morgan fingerprint density at radius 2 is 2.42 bits per heavy atom. The summed E-state index contributed by atoms with van der Waals surface area (Å²) in [6.07, 6.45) is 1.78. The molecule has 1 rings (SSSR count). The molecule has 0 atom stereocenters. The van der Waals surface area contributed by atoms with E-state index in [2.05, 4.69) is 15.2 Å². The largest absolute Gasteiger partial charge is 0.385 e. The van der Waals surface area contributed by atoms with Crippen LogP contribution in [0.2, 0.25) is 0 Å². The second-order valence-electron chi connectivity index (χ2n) is 2.50. The average molecular weight is 170 g/mol. The molecule has 0 fully saturated rings. The van der Waals surface area contributed by atoms with E-state index in [1.54, 1.807) is 7.11 Å². The number of aromatic amines is 1. The molecule has 0 aliphatic rings. The number of rotatable bonds is 5. The zero-order valence-electron chi connectivity index (χ0n) is 7.21. The maximum atomic E-state index is 5.36. The molecular weight excluding hydrogens is 156 g/mol. The molecule has 0 spiro atoms. The van der Waals surface area contributed by atoms with Gasteiger partial charge in [-0.05, 0) is 6.42 Å². The first kappa shape index (κ1) is 9.15. The van der Waals surface area contributed by atoms with Gasteiger partial charge in [0.05, 0.1) is 6.54 Å². The maximum Gasteiger partial charge on any atom is 0.150 e. The fraction of sp³-hybridized carbons (Fsp3) is 0.714. The second-order valence-corrected chi connectivity index (χ2v) is 2.50. The third-order valence-electron chi connectivity index (χ3n) is 1.52. The first-order valence-corrected chi connectivity index (χ1v) is 3.96. The van der Waals surface area contributed by atoms with Crippen molar-refractivity contribution in [3.05, 3.63) is 11.6 Å². The molecule has 1 heterocycles. The zero-order valence-corrected chi connectivity index (χ0v) is 7.21. The van der Waals surface area contributed by atoms with Gasteiger partial charge in [-0.15, -0.1) is 0 Å². The Labute approximate surface area is 71.3 Å².